The van der Waals surface area contributed by atoms with Crippen LogP contribution >= 0.6 is 0 Å². The summed E-state index contributed by atoms with van der Waals surface area (Å²) >= 11 is 0. The molecule has 0 fully saturated rings. The maximum Gasteiger partial charge on any atom is 0.261 e. The lowest BCUT2D eigenvalue weighted by molar-refractivity contribution is 0.102. The van der Waals surface area contributed by atoms with Crippen LogP contribution < -0.4 is 10.1 Å². The maximum atomic E-state index is 12.8. The van der Waals surface area contributed by atoms with E-state index in [1.54, 1.807) is 13.0 Å². The number of nitrogens with zero attached hydrogens (tertiary/aromatic N) is 1. The monoisotopic (exact) mass is 308 g/mol. The van der Waals surface area contributed by atoms with Gasteiger partial charge in [0.1, 0.15) is 17.9 Å². The van der Waals surface area contributed by atoms with E-state index in [9.17, 15) is 4.79 Å². The van der Waals surface area contributed by atoms with Gasteiger partial charge in [-0.3, -0.25) is 9.78 Å². The van der Waals surface area contributed by atoms with Crippen LogP contribution in [0.2, 0.25) is 0 Å². The minimum absolute atomic E-state index is 0.104. The lowest BCUT2D eigenvalue weighted by Gasteiger charge is -2.15. The van der Waals surface area contributed by atoms with Gasteiger partial charge in [0.05, 0.1) is 5.69 Å². The molecule has 2 rings (SSSR count). The highest BCUT2D eigenvalue weighted by Gasteiger charge is 2.19. The second-order valence-electron chi connectivity index (χ2n) is 5.44. The zero-order valence-electron chi connectivity index (χ0n) is 13.9. The Balaban J connectivity index is 2.41. The van der Waals surface area contributed by atoms with Gasteiger partial charge in [0, 0.05) is 17.4 Å². The summed E-state index contributed by atoms with van der Waals surface area (Å²) in [4.78, 5) is 17.1. The van der Waals surface area contributed by atoms with Crippen molar-refractivity contribution in [1.29, 1.82) is 0 Å². The van der Waals surface area contributed by atoms with Crippen molar-refractivity contribution in [2.24, 2.45) is 0 Å². The second-order valence-corrected chi connectivity index (χ2v) is 5.44. The van der Waals surface area contributed by atoms with E-state index in [0.717, 1.165) is 22.5 Å². The predicted octanol–water partition coefficient (Wildman–Crippen LogP) is 3.58. The Morgan fingerprint density at radius 2 is 1.91 bits per heavy atom. The second kappa shape index (κ2) is 6.97. The van der Waals surface area contributed by atoms with E-state index in [-0.39, 0.29) is 12.5 Å². The summed E-state index contributed by atoms with van der Waals surface area (Å²) in [6, 6.07) is 7.60. The average Bonchev–Trinajstić information content (AvgIpc) is 2.48. The lowest BCUT2D eigenvalue weighted by Crippen LogP contribution is -2.18. The minimum atomic E-state index is -0.251. The Bertz CT molecular complexity index is 768. The molecule has 23 heavy (non-hydrogen) atoms. The first-order valence-corrected chi connectivity index (χ1v) is 7.36. The van der Waals surface area contributed by atoms with Crippen molar-refractivity contribution in [3.63, 3.8) is 0 Å². The van der Waals surface area contributed by atoms with Crippen LogP contribution in [0.25, 0.3) is 0 Å². The summed E-state index contributed by atoms with van der Waals surface area (Å²) in [7, 11) is 0. The van der Waals surface area contributed by atoms with Crippen LogP contribution in [0.4, 0.5) is 5.69 Å². The van der Waals surface area contributed by atoms with Crippen LogP contribution in [0.1, 0.15) is 32.9 Å². The predicted molar refractivity (Wildman–Crippen MR) is 91.9 cm³/mol. The van der Waals surface area contributed by atoms with E-state index in [1.165, 1.54) is 0 Å². The van der Waals surface area contributed by atoms with Gasteiger partial charge >= 0.3 is 0 Å². The smallest absolute Gasteiger partial charge is 0.261 e. The van der Waals surface area contributed by atoms with Gasteiger partial charge in [0.25, 0.3) is 5.91 Å². The molecule has 0 saturated heterocycles. The number of anilines is 1. The molecule has 1 aromatic carbocycles. The number of amides is 1. The molecule has 0 aliphatic rings. The molecule has 1 N–H and O–H groups in total. The summed E-state index contributed by atoms with van der Waals surface area (Å²) in [6.07, 6.45) is 5.25. The standard InChI is InChI=1S/C19H20N2O2/c1-6-10-23-16-11-14(4)20-15(5)17(16)19(22)21-18-12(2)8-7-9-13(18)3/h1,7-9,11H,10H2,2-5H3,(H,21,22). The molecule has 0 saturated carbocycles. The van der Waals surface area contributed by atoms with E-state index >= 15 is 0 Å². The number of hydrogen-bond donors (Lipinski definition) is 1. The number of pyridine rings is 1. The van der Waals surface area contributed by atoms with Crippen LogP contribution in [0.15, 0.2) is 24.3 Å². The molecule has 0 spiro atoms. The maximum absolute atomic E-state index is 12.8. The Kier molecular flexibility index (Phi) is 5.02. The largest absolute Gasteiger partial charge is 0.480 e. The fraction of sp³-hybridized carbons (Fsp3) is 0.263. The van der Waals surface area contributed by atoms with Crippen LogP contribution in [0.5, 0.6) is 5.75 Å². The Morgan fingerprint density at radius 3 is 2.52 bits per heavy atom. The number of rotatable bonds is 4. The molecule has 0 radical (unpaired) electrons. The highest BCUT2D eigenvalue weighted by molar-refractivity contribution is 6.07. The molecule has 2 aromatic rings. The van der Waals surface area contributed by atoms with Crippen molar-refractivity contribution in [1.82, 2.24) is 4.98 Å². The number of hydrogen-bond acceptors (Lipinski definition) is 3. The molecule has 0 unspecified atom stereocenters. The number of terminal acetylenes is 1. The van der Waals surface area contributed by atoms with Gasteiger partial charge in [-0.15, -0.1) is 6.42 Å². The van der Waals surface area contributed by atoms with E-state index in [4.69, 9.17) is 11.2 Å². The molecule has 1 heterocycles. The van der Waals surface area contributed by atoms with Gasteiger partial charge in [-0.2, -0.15) is 0 Å². The Hall–Kier alpha value is -2.80. The fourth-order valence-corrected chi connectivity index (χ4v) is 2.49. The number of carbonyl (C=O) groups excluding carboxylic acids is 1. The third-order valence-electron chi connectivity index (χ3n) is 3.55. The summed E-state index contributed by atoms with van der Waals surface area (Å²) < 4.78 is 5.53. The number of nitrogens with one attached hydrogen (secondary N) is 1. The SMILES string of the molecule is C#CCOc1cc(C)nc(C)c1C(=O)Nc1c(C)cccc1C. The third-order valence-corrected chi connectivity index (χ3v) is 3.55. The summed E-state index contributed by atoms with van der Waals surface area (Å²) in [5.74, 6) is 2.62. The number of para-hydroxylation sites is 1. The van der Waals surface area contributed by atoms with Crippen molar-refractivity contribution < 1.29 is 9.53 Å². The summed E-state index contributed by atoms with van der Waals surface area (Å²) in [5, 5.41) is 2.96. The van der Waals surface area contributed by atoms with E-state index in [0.29, 0.717) is 17.0 Å². The van der Waals surface area contributed by atoms with Gasteiger partial charge in [-0.1, -0.05) is 24.1 Å². The normalized spacial score (nSPS) is 10.0. The van der Waals surface area contributed by atoms with Gasteiger partial charge in [0.15, 0.2) is 0 Å². The van der Waals surface area contributed by atoms with E-state index in [1.807, 2.05) is 39.0 Å². The topological polar surface area (TPSA) is 51.2 Å². The van der Waals surface area contributed by atoms with Crippen molar-refractivity contribution in [3.05, 3.63) is 52.3 Å². The first-order valence-electron chi connectivity index (χ1n) is 7.36. The quantitative estimate of drug-likeness (QED) is 0.878. The van der Waals surface area contributed by atoms with Crippen molar-refractivity contribution in [2.45, 2.75) is 27.7 Å². The van der Waals surface area contributed by atoms with Crippen LogP contribution in [0, 0.1) is 40.0 Å². The zero-order valence-corrected chi connectivity index (χ0v) is 13.9. The van der Waals surface area contributed by atoms with Crippen LogP contribution in [-0.4, -0.2) is 17.5 Å². The van der Waals surface area contributed by atoms with Crippen LogP contribution in [0.3, 0.4) is 0 Å². The molecular formula is C19H20N2O2. The third kappa shape index (κ3) is 3.70. The average molecular weight is 308 g/mol. The van der Waals surface area contributed by atoms with Gasteiger partial charge in [-0.05, 0) is 38.8 Å². The number of aromatic nitrogens is 1. The van der Waals surface area contributed by atoms with Crippen LogP contribution in [-0.2, 0) is 0 Å². The highest BCUT2D eigenvalue weighted by atomic mass is 16.5. The first-order chi connectivity index (χ1) is 10.9. The lowest BCUT2D eigenvalue weighted by atomic mass is 10.1. The Morgan fingerprint density at radius 1 is 1.26 bits per heavy atom. The number of ether oxygens (including phenoxy) is 1. The van der Waals surface area contributed by atoms with E-state index < -0.39 is 0 Å². The van der Waals surface area contributed by atoms with Gasteiger partial charge in [0.2, 0.25) is 0 Å². The molecule has 0 bridgehead atoms. The molecule has 4 heteroatoms. The molecule has 0 aliphatic carbocycles. The fourth-order valence-electron chi connectivity index (χ4n) is 2.49. The van der Waals surface area contributed by atoms with Crippen molar-refractivity contribution in [3.8, 4) is 18.1 Å². The number of aryl methyl sites for hydroxylation is 4. The van der Waals surface area contributed by atoms with Crippen molar-refractivity contribution >= 4 is 11.6 Å². The number of benzene rings is 1. The van der Waals surface area contributed by atoms with Gasteiger partial charge in [-0.25, -0.2) is 0 Å². The first kappa shape index (κ1) is 16.6. The Labute approximate surface area is 136 Å². The molecule has 0 aliphatic heterocycles. The highest BCUT2D eigenvalue weighted by Crippen LogP contribution is 2.26. The summed E-state index contributed by atoms with van der Waals surface area (Å²) in [6.45, 7) is 7.65. The van der Waals surface area contributed by atoms with Gasteiger partial charge < -0.3 is 10.1 Å². The molecule has 118 valence electrons. The van der Waals surface area contributed by atoms with E-state index in [2.05, 4.69) is 16.2 Å². The molecular weight excluding hydrogens is 288 g/mol. The van der Waals surface area contributed by atoms with Crippen molar-refractivity contribution in [2.75, 3.05) is 11.9 Å². The molecule has 1 aromatic heterocycles. The molecule has 1 amide bonds. The zero-order chi connectivity index (χ0) is 17.0. The number of carbonyl (C=O) groups is 1. The summed E-state index contributed by atoms with van der Waals surface area (Å²) in [5.41, 5.74) is 4.61. The minimum Gasteiger partial charge on any atom is -0.480 e. The molecule has 0 atom stereocenters. The molecule has 4 nitrogen and oxygen atoms in total.